The van der Waals surface area contributed by atoms with Gasteiger partial charge in [-0.05, 0) is 69.4 Å². The Morgan fingerprint density at radius 3 is 1.17 bits per heavy atom. The molecule has 4 amide bonds. The molecule has 0 aromatic heterocycles. The Morgan fingerprint density at radius 1 is 0.583 bits per heavy atom. The third kappa shape index (κ3) is 2.19. The maximum Gasteiger partial charge on any atom is 0.319 e. The minimum absolute atomic E-state index is 0.348. The largest absolute Gasteiger partial charge is 0.319 e. The van der Waals surface area contributed by atoms with E-state index < -0.39 is 11.3 Å². The first-order valence-electron chi connectivity index (χ1n) is 7.18. The van der Waals surface area contributed by atoms with E-state index in [9.17, 15) is 9.59 Å². The van der Waals surface area contributed by atoms with E-state index in [-0.39, 0.29) is 12.1 Å². The lowest BCUT2D eigenvalue weighted by atomic mass is 9.83. The van der Waals surface area contributed by atoms with E-state index in [1.807, 2.05) is 48.5 Å². The van der Waals surface area contributed by atoms with Gasteiger partial charge in [0.2, 0.25) is 0 Å². The number of fused-ring (bicyclic) bond motifs is 1. The van der Waals surface area contributed by atoms with Crippen LogP contribution < -0.4 is 21.3 Å². The number of rotatable bonds is 2. The topological polar surface area (TPSA) is 82.3 Å². The van der Waals surface area contributed by atoms with Crippen LogP contribution in [0.1, 0.15) is 11.1 Å². The van der Waals surface area contributed by atoms with Crippen molar-refractivity contribution in [2.75, 3.05) is 0 Å². The Hall–Kier alpha value is -1.56. The second-order valence-corrected chi connectivity index (χ2v) is 8.16. The van der Waals surface area contributed by atoms with Gasteiger partial charge in [0.15, 0.2) is 11.3 Å². The first-order chi connectivity index (χ1) is 11.4. The van der Waals surface area contributed by atoms with Gasteiger partial charge in [0, 0.05) is 18.3 Å². The molecule has 122 valence electrons. The van der Waals surface area contributed by atoms with Crippen LogP contribution in [0.4, 0.5) is 9.59 Å². The maximum atomic E-state index is 12.2. The van der Waals surface area contributed by atoms with Crippen LogP contribution >= 0.6 is 45.2 Å². The van der Waals surface area contributed by atoms with E-state index >= 15 is 0 Å². The first kappa shape index (κ1) is 15.9. The zero-order valence-corrected chi connectivity index (χ0v) is 16.5. The molecule has 2 fully saturated rings. The quantitative estimate of drug-likeness (QED) is 0.437. The second-order valence-electron chi connectivity index (χ2n) is 5.67. The van der Waals surface area contributed by atoms with Gasteiger partial charge in [-0.3, -0.25) is 0 Å². The van der Waals surface area contributed by atoms with Crippen molar-refractivity contribution < 1.29 is 9.59 Å². The van der Waals surface area contributed by atoms with Gasteiger partial charge in [0.25, 0.3) is 0 Å². The minimum Gasteiger partial charge on any atom is -0.307 e. The van der Waals surface area contributed by atoms with Crippen molar-refractivity contribution in [3.8, 4) is 0 Å². The Kier molecular flexibility index (Phi) is 3.64. The molecular formula is C16H12I2N4O2. The highest BCUT2D eigenvalue weighted by molar-refractivity contribution is 14.1. The van der Waals surface area contributed by atoms with E-state index in [0.29, 0.717) is 0 Å². The summed E-state index contributed by atoms with van der Waals surface area (Å²) < 4.78 is 2.14. The van der Waals surface area contributed by atoms with E-state index in [1.165, 1.54) is 0 Å². The first-order valence-corrected chi connectivity index (χ1v) is 9.34. The summed E-state index contributed by atoms with van der Waals surface area (Å²) in [4.78, 5) is 24.5. The molecule has 0 atom stereocenters. The average molecular weight is 546 g/mol. The highest BCUT2D eigenvalue weighted by atomic mass is 127. The molecule has 0 radical (unpaired) electrons. The van der Waals surface area contributed by atoms with Gasteiger partial charge in [-0.15, -0.1) is 0 Å². The fraction of sp³-hybridized carbons (Fsp3) is 0.125. The van der Waals surface area contributed by atoms with Crippen molar-refractivity contribution in [2.24, 2.45) is 0 Å². The van der Waals surface area contributed by atoms with Crippen LogP contribution in [0, 0.1) is 7.14 Å². The number of benzene rings is 2. The molecule has 0 spiro atoms. The molecule has 2 aromatic rings. The van der Waals surface area contributed by atoms with Gasteiger partial charge in [0.05, 0.1) is 0 Å². The zero-order chi connectivity index (χ0) is 16.9. The predicted octanol–water partition coefficient (Wildman–Crippen LogP) is 2.53. The second kappa shape index (κ2) is 5.48. The summed E-state index contributed by atoms with van der Waals surface area (Å²) in [6.45, 7) is 0. The molecule has 2 aliphatic heterocycles. The summed E-state index contributed by atoms with van der Waals surface area (Å²) in [6.07, 6.45) is 0. The third-order valence-electron chi connectivity index (χ3n) is 4.32. The number of carbonyl (C=O) groups excluding carboxylic acids is 2. The Morgan fingerprint density at radius 2 is 0.875 bits per heavy atom. The molecular weight excluding hydrogens is 534 g/mol. The summed E-state index contributed by atoms with van der Waals surface area (Å²) in [5, 5.41) is 11.6. The smallest absolute Gasteiger partial charge is 0.307 e. The van der Waals surface area contributed by atoms with Crippen LogP contribution in [0.25, 0.3) is 0 Å². The number of hydrogen-bond donors (Lipinski definition) is 4. The van der Waals surface area contributed by atoms with Gasteiger partial charge < -0.3 is 21.3 Å². The molecule has 8 heteroatoms. The molecule has 6 nitrogen and oxygen atoms in total. The molecule has 24 heavy (non-hydrogen) atoms. The zero-order valence-electron chi connectivity index (χ0n) is 12.2. The van der Waals surface area contributed by atoms with E-state index in [0.717, 1.165) is 18.3 Å². The number of hydrogen-bond acceptors (Lipinski definition) is 2. The van der Waals surface area contributed by atoms with Gasteiger partial charge in [0.1, 0.15) is 0 Å². The van der Waals surface area contributed by atoms with Gasteiger partial charge in [-0.1, -0.05) is 24.3 Å². The molecule has 0 unspecified atom stereocenters. The standard InChI is InChI=1S/C16H12I2N4O2/c17-11-5-1-9(2-6-11)15-16(21-13(23)19-15,22-14(24)20-15)10-3-7-12(18)8-4-10/h1-8H,(H2,19,21,23)(H2,20,22,24). The normalized spacial score (nSPS) is 27.8. The number of amides is 4. The van der Waals surface area contributed by atoms with Crippen LogP contribution in [0.5, 0.6) is 0 Å². The Bertz CT molecular complexity index is 749. The van der Waals surface area contributed by atoms with Gasteiger partial charge in [-0.2, -0.15) is 0 Å². The molecule has 0 saturated carbocycles. The van der Waals surface area contributed by atoms with Crippen molar-refractivity contribution in [1.29, 1.82) is 0 Å². The van der Waals surface area contributed by atoms with Crippen LogP contribution in [0.2, 0.25) is 0 Å². The fourth-order valence-corrected chi connectivity index (χ4v) is 4.02. The predicted molar refractivity (Wildman–Crippen MR) is 105 cm³/mol. The lowest BCUT2D eigenvalue weighted by Gasteiger charge is -2.37. The fourth-order valence-electron chi connectivity index (χ4n) is 3.30. The third-order valence-corrected chi connectivity index (χ3v) is 5.76. The summed E-state index contributed by atoms with van der Waals surface area (Å²) in [6, 6.07) is 14.7. The van der Waals surface area contributed by atoms with Crippen molar-refractivity contribution in [3.63, 3.8) is 0 Å². The maximum absolute atomic E-state index is 12.2. The highest BCUT2D eigenvalue weighted by Gasteiger charge is 2.66. The Labute approximate surface area is 165 Å². The van der Waals surface area contributed by atoms with Crippen molar-refractivity contribution in [1.82, 2.24) is 21.3 Å². The molecule has 2 aliphatic rings. The van der Waals surface area contributed by atoms with E-state index in [4.69, 9.17) is 0 Å². The van der Waals surface area contributed by atoms with Crippen molar-refractivity contribution in [2.45, 2.75) is 11.3 Å². The monoisotopic (exact) mass is 546 g/mol. The molecule has 2 saturated heterocycles. The Balaban J connectivity index is 1.94. The van der Waals surface area contributed by atoms with Gasteiger partial charge >= 0.3 is 12.1 Å². The van der Waals surface area contributed by atoms with Crippen molar-refractivity contribution in [3.05, 3.63) is 66.8 Å². The van der Waals surface area contributed by atoms with E-state index in [1.54, 1.807) is 0 Å². The number of nitrogens with one attached hydrogen (secondary N) is 4. The average Bonchev–Trinajstić information content (AvgIpc) is 2.96. The number of urea groups is 2. The van der Waals surface area contributed by atoms with Crippen molar-refractivity contribution >= 4 is 57.2 Å². The van der Waals surface area contributed by atoms with E-state index in [2.05, 4.69) is 66.4 Å². The molecule has 4 N–H and O–H groups in total. The molecule has 2 heterocycles. The summed E-state index contributed by atoms with van der Waals surface area (Å²) in [7, 11) is 0. The lowest BCUT2D eigenvalue weighted by molar-refractivity contribution is 0.208. The highest BCUT2D eigenvalue weighted by Crippen LogP contribution is 2.43. The van der Waals surface area contributed by atoms with Crippen LogP contribution in [0.3, 0.4) is 0 Å². The molecule has 0 bridgehead atoms. The summed E-state index contributed by atoms with van der Waals surface area (Å²) >= 11 is 4.44. The van der Waals surface area contributed by atoms with Gasteiger partial charge in [-0.25, -0.2) is 9.59 Å². The molecule has 0 aliphatic carbocycles. The molecule has 4 rings (SSSR count). The lowest BCUT2D eigenvalue weighted by Crippen LogP contribution is -2.60. The summed E-state index contributed by atoms with van der Waals surface area (Å²) in [5.74, 6) is 0. The summed E-state index contributed by atoms with van der Waals surface area (Å²) in [5.41, 5.74) is -0.618. The minimum atomic E-state index is -1.10. The number of carbonyl (C=O) groups is 2. The van der Waals surface area contributed by atoms with Crippen LogP contribution in [-0.2, 0) is 11.3 Å². The van der Waals surface area contributed by atoms with Crippen LogP contribution in [0.15, 0.2) is 48.5 Å². The number of halogens is 2. The van der Waals surface area contributed by atoms with Crippen LogP contribution in [-0.4, -0.2) is 12.1 Å². The SMILES string of the molecule is O=C1NC2(c3ccc(I)cc3)NC(=O)NC2(c2ccc(I)cc2)N1. The molecule has 2 aromatic carbocycles.